The van der Waals surface area contributed by atoms with Gasteiger partial charge in [-0.05, 0) is 123 Å². The van der Waals surface area contributed by atoms with Crippen LogP contribution in [0.15, 0.2) is 260 Å². The van der Waals surface area contributed by atoms with Gasteiger partial charge >= 0.3 is 0 Å². The fourth-order valence-corrected chi connectivity index (χ4v) is 11.3. The summed E-state index contributed by atoms with van der Waals surface area (Å²) in [5.74, 6) is 0.867. The number of benzene rings is 11. The molecule has 0 fully saturated rings. The standard InChI is InChI=1S/C69H50N2/c1-69(2)64-24-14-13-23-62(64)63-38-37-53(43-65(63)69)47-25-29-48(30-26-47)54-39-41-60(58-21-11-9-19-56(54)58)61-42-40-55(57-20-10-12-22-59(57)61)49-31-35-51(36-32-49)67-44-66(70-68(71-67)52-17-7-4-8-18-52)50-33-27-46(28-34-50)45-15-5-3-6-16-45/h3-44,66H,1-2H3,(H,70,71). The van der Waals surface area contributed by atoms with Gasteiger partial charge in [-0.1, -0.05) is 257 Å². The number of rotatable bonds is 8. The first-order chi connectivity index (χ1) is 34.9. The predicted octanol–water partition coefficient (Wildman–Crippen LogP) is 17.8. The number of hydrogen-bond acceptors (Lipinski definition) is 2. The fraction of sp³-hybridized carbons (Fsp3) is 0.0580. The summed E-state index contributed by atoms with van der Waals surface area (Å²) in [4.78, 5) is 5.21. The predicted molar refractivity (Wildman–Crippen MR) is 299 cm³/mol. The summed E-state index contributed by atoms with van der Waals surface area (Å²) in [6, 6.07) is 90.8. The van der Waals surface area contributed by atoms with E-state index in [-0.39, 0.29) is 11.5 Å². The molecule has 2 aliphatic rings. The Morgan fingerprint density at radius 1 is 0.324 bits per heavy atom. The maximum absolute atomic E-state index is 5.21. The smallest absolute Gasteiger partial charge is 0.134 e. The molecule has 2 nitrogen and oxygen atoms in total. The van der Waals surface area contributed by atoms with Crippen molar-refractivity contribution in [3.63, 3.8) is 0 Å². The Balaban J connectivity index is 0.808. The highest BCUT2D eigenvalue weighted by atomic mass is 15.0. The van der Waals surface area contributed by atoms with E-state index in [9.17, 15) is 0 Å². The van der Waals surface area contributed by atoms with Gasteiger partial charge in [0.1, 0.15) is 5.84 Å². The molecule has 1 atom stereocenters. The molecule has 0 bridgehead atoms. The zero-order chi connectivity index (χ0) is 47.5. The number of amidine groups is 1. The molecule has 0 spiro atoms. The van der Waals surface area contributed by atoms with Gasteiger partial charge in [0.25, 0.3) is 0 Å². The first-order valence-corrected chi connectivity index (χ1v) is 24.7. The minimum Gasteiger partial charge on any atom is -0.359 e. The van der Waals surface area contributed by atoms with E-state index in [1.165, 1.54) is 105 Å². The highest BCUT2D eigenvalue weighted by Crippen LogP contribution is 2.50. The molecule has 1 heterocycles. The maximum atomic E-state index is 5.21. The van der Waals surface area contributed by atoms with Gasteiger partial charge in [-0.25, -0.2) is 4.99 Å². The van der Waals surface area contributed by atoms with Crippen LogP contribution >= 0.6 is 0 Å². The number of fused-ring (bicyclic) bond motifs is 5. The molecule has 71 heavy (non-hydrogen) atoms. The largest absolute Gasteiger partial charge is 0.359 e. The second-order valence-electron chi connectivity index (χ2n) is 19.5. The van der Waals surface area contributed by atoms with Crippen molar-refractivity contribution in [2.75, 3.05) is 0 Å². The number of nitrogens with one attached hydrogen (secondary N) is 1. The Labute approximate surface area is 416 Å². The second-order valence-corrected chi connectivity index (χ2v) is 19.5. The van der Waals surface area contributed by atoms with Gasteiger partial charge in [0.05, 0.1) is 11.7 Å². The molecular weight excluding hydrogens is 857 g/mol. The highest BCUT2D eigenvalue weighted by molar-refractivity contribution is 6.12. The van der Waals surface area contributed by atoms with Crippen molar-refractivity contribution >= 4 is 33.1 Å². The molecule has 11 aromatic rings. The van der Waals surface area contributed by atoms with E-state index < -0.39 is 0 Å². The number of aliphatic imine (C=N–C) groups is 1. The van der Waals surface area contributed by atoms with Gasteiger partial charge in [-0.3, -0.25) is 0 Å². The van der Waals surface area contributed by atoms with Crippen molar-refractivity contribution in [3.8, 4) is 66.8 Å². The molecule has 13 rings (SSSR count). The molecule has 336 valence electrons. The van der Waals surface area contributed by atoms with E-state index >= 15 is 0 Å². The van der Waals surface area contributed by atoms with Crippen LogP contribution in [-0.2, 0) is 5.41 Å². The summed E-state index contributed by atoms with van der Waals surface area (Å²) in [5, 5.41) is 8.68. The molecule has 1 unspecified atom stereocenters. The van der Waals surface area contributed by atoms with Crippen molar-refractivity contribution in [3.05, 3.63) is 283 Å². The van der Waals surface area contributed by atoms with E-state index in [4.69, 9.17) is 4.99 Å². The third-order valence-electron chi connectivity index (χ3n) is 15.0. The van der Waals surface area contributed by atoms with Gasteiger partial charge in [0.2, 0.25) is 0 Å². The summed E-state index contributed by atoms with van der Waals surface area (Å²) in [6.45, 7) is 4.70. The maximum Gasteiger partial charge on any atom is 0.134 e. The topological polar surface area (TPSA) is 24.4 Å². The van der Waals surface area contributed by atoms with Crippen LogP contribution in [0.3, 0.4) is 0 Å². The van der Waals surface area contributed by atoms with Crippen LogP contribution in [0.2, 0.25) is 0 Å². The molecule has 1 N–H and O–H groups in total. The summed E-state index contributed by atoms with van der Waals surface area (Å²) >= 11 is 0. The lowest BCUT2D eigenvalue weighted by Gasteiger charge is -2.25. The molecule has 1 aliphatic heterocycles. The van der Waals surface area contributed by atoms with Gasteiger partial charge < -0.3 is 5.32 Å². The molecule has 0 saturated carbocycles. The molecule has 2 heteroatoms. The van der Waals surface area contributed by atoms with Gasteiger partial charge in [0.15, 0.2) is 0 Å². The zero-order valence-electron chi connectivity index (χ0n) is 39.8. The molecular formula is C69H50N2. The van der Waals surface area contributed by atoms with E-state index in [0.717, 1.165) is 22.7 Å². The number of hydrogen-bond donors (Lipinski definition) is 1. The van der Waals surface area contributed by atoms with Crippen molar-refractivity contribution in [1.82, 2.24) is 5.32 Å². The summed E-state index contributed by atoms with van der Waals surface area (Å²) < 4.78 is 0. The van der Waals surface area contributed by atoms with Crippen LogP contribution in [0.5, 0.6) is 0 Å². The van der Waals surface area contributed by atoms with Crippen molar-refractivity contribution in [2.24, 2.45) is 4.99 Å². The van der Waals surface area contributed by atoms with E-state index in [1.54, 1.807) is 0 Å². The first-order valence-electron chi connectivity index (χ1n) is 24.7. The molecule has 0 aromatic heterocycles. The highest BCUT2D eigenvalue weighted by Gasteiger charge is 2.35. The summed E-state index contributed by atoms with van der Waals surface area (Å²) in [5.41, 5.74) is 21.9. The minimum absolute atomic E-state index is 0.0297. The lowest BCUT2D eigenvalue weighted by atomic mass is 9.81. The third kappa shape index (κ3) is 7.48. The average molecular weight is 907 g/mol. The van der Waals surface area contributed by atoms with Gasteiger partial charge in [-0.2, -0.15) is 0 Å². The Hall–Kier alpha value is -8.85. The Morgan fingerprint density at radius 2 is 0.732 bits per heavy atom. The molecule has 11 aromatic carbocycles. The van der Waals surface area contributed by atoms with Gasteiger partial charge in [0, 0.05) is 11.0 Å². The Morgan fingerprint density at radius 3 is 1.34 bits per heavy atom. The van der Waals surface area contributed by atoms with Gasteiger partial charge in [-0.15, -0.1) is 0 Å². The Bertz CT molecular complexity index is 3880. The lowest BCUT2D eigenvalue weighted by molar-refractivity contribution is 0.660. The average Bonchev–Trinajstić information content (AvgIpc) is 3.68. The summed E-state index contributed by atoms with van der Waals surface area (Å²) in [7, 11) is 0. The quantitative estimate of drug-likeness (QED) is 0.161. The van der Waals surface area contributed by atoms with E-state index in [1.807, 2.05) is 6.07 Å². The van der Waals surface area contributed by atoms with Crippen molar-refractivity contribution < 1.29 is 0 Å². The number of nitrogens with zero attached hydrogens (tertiary/aromatic N) is 1. The first kappa shape index (κ1) is 42.3. The van der Waals surface area contributed by atoms with Crippen LogP contribution in [-0.4, -0.2) is 5.84 Å². The fourth-order valence-electron chi connectivity index (χ4n) is 11.3. The van der Waals surface area contributed by atoms with E-state index in [0.29, 0.717) is 0 Å². The molecule has 0 amide bonds. The normalized spacial score (nSPS) is 14.6. The molecule has 0 radical (unpaired) electrons. The third-order valence-corrected chi connectivity index (χ3v) is 15.0. The van der Waals surface area contributed by atoms with Crippen LogP contribution in [0.25, 0.3) is 94.0 Å². The van der Waals surface area contributed by atoms with E-state index in [2.05, 4.69) is 268 Å². The van der Waals surface area contributed by atoms with Crippen LogP contribution < -0.4 is 5.32 Å². The molecule has 1 aliphatic carbocycles. The van der Waals surface area contributed by atoms with Crippen molar-refractivity contribution in [1.29, 1.82) is 0 Å². The van der Waals surface area contributed by atoms with Crippen LogP contribution in [0.4, 0.5) is 0 Å². The van der Waals surface area contributed by atoms with Crippen LogP contribution in [0, 0.1) is 0 Å². The minimum atomic E-state index is -0.0440. The van der Waals surface area contributed by atoms with Crippen molar-refractivity contribution in [2.45, 2.75) is 25.3 Å². The zero-order valence-corrected chi connectivity index (χ0v) is 39.8. The SMILES string of the molecule is CC1(C)c2ccccc2-c2ccc(-c3ccc(-c4ccc(-c5ccc(-c6ccc(C7=CC(c8ccc(-c9ccccc9)cc8)NC(c8ccccc8)=N7)cc6)c6ccccc56)c5ccccc45)cc3)cc21. The summed E-state index contributed by atoms with van der Waals surface area (Å²) in [6.07, 6.45) is 2.25. The van der Waals surface area contributed by atoms with Crippen LogP contribution in [0.1, 0.15) is 47.7 Å². The Kier molecular flexibility index (Phi) is 10.3. The lowest BCUT2D eigenvalue weighted by Crippen LogP contribution is -2.31. The molecule has 0 saturated heterocycles. The monoisotopic (exact) mass is 906 g/mol. The second kappa shape index (κ2) is 17.3.